The van der Waals surface area contributed by atoms with Gasteiger partial charge in [0.15, 0.2) is 0 Å². The summed E-state index contributed by atoms with van der Waals surface area (Å²) in [6.07, 6.45) is 1.19. The van der Waals surface area contributed by atoms with Crippen LogP contribution >= 0.6 is 11.8 Å². The van der Waals surface area contributed by atoms with E-state index in [0.717, 1.165) is 30.2 Å². The number of nitrogens with zero attached hydrogens (tertiary/aromatic N) is 1. The predicted molar refractivity (Wildman–Crippen MR) is 90.3 cm³/mol. The Morgan fingerprint density at radius 1 is 1.43 bits per heavy atom. The van der Waals surface area contributed by atoms with Gasteiger partial charge in [-0.15, -0.1) is 0 Å². The van der Waals surface area contributed by atoms with E-state index in [-0.39, 0.29) is 6.03 Å². The molecule has 0 bridgehead atoms. The van der Waals surface area contributed by atoms with Crippen molar-refractivity contribution >= 4 is 29.2 Å². The van der Waals surface area contributed by atoms with Crippen LogP contribution in [0.5, 0.6) is 0 Å². The molecule has 2 aliphatic heterocycles. The molecule has 1 atom stereocenters. The fraction of sp³-hybridized carbons (Fsp3) is 0.562. The van der Waals surface area contributed by atoms with Gasteiger partial charge in [-0.2, -0.15) is 11.8 Å². The molecule has 2 aliphatic rings. The van der Waals surface area contributed by atoms with Crippen LogP contribution in [0.25, 0.3) is 0 Å². The monoisotopic (exact) mass is 305 g/mol. The average molecular weight is 305 g/mol. The van der Waals surface area contributed by atoms with Crippen LogP contribution < -0.4 is 15.5 Å². The Morgan fingerprint density at radius 2 is 2.29 bits per heavy atom. The maximum atomic E-state index is 11.8. The molecule has 2 heterocycles. The van der Waals surface area contributed by atoms with Gasteiger partial charge in [-0.3, -0.25) is 4.90 Å². The van der Waals surface area contributed by atoms with Gasteiger partial charge in [0.05, 0.1) is 0 Å². The van der Waals surface area contributed by atoms with E-state index in [1.165, 1.54) is 12.2 Å². The van der Waals surface area contributed by atoms with Crippen molar-refractivity contribution in [1.29, 1.82) is 0 Å². The fourth-order valence-corrected chi connectivity index (χ4v) is 4.35. The molecule has 2 N–H and O–H groups in total. The number of thioether (sulfide) groups is 1. The molecule has 0 radical (unpaired) electrons. The van der Waals surface area contributed by atoms with E-state index < -0.39 is 0 Å². The molecule has 1 aromatic carbocycles. The van der Waals surface area contributed by atoms with Crippen molar-refractivity contribution < 1.29 is 4.79 Å². The molecule has 21 heavy (non-hydrogen) atoms. The van der Waals surface area contributed by atoms with Crippen LogP contribution in [0.1, 0.15) is 20.3 Å². The van der Waals surface area contributed by atoms with Crippen molar-refractivity contribution in [3.05, 3.63) is 24.3 Å². The minimum atomic E-state index is 0.00139. The Labute approximate surface area is 130 Å². The second-order valence-corrected chi connectivity index (χ2v) is 7.69. The van der Waals surface area contributed by atoms with Gasteiger partial charge in [-0.1, -0.05) is 19.9 Å². The summed E-state index contributed by atoms with van der Waals surface area (Å²) in [7, 11) is 0. The highest BCUT2D eigenvalue weighted by molar-refractivity contribution is 7.99. The number of hydrogen-bond donors (Lipinski definition) is 2. The first-order valence-corrected chi connectivity index (χ1v) is 8.69. The number of anilines is 2. The van der Waals surface area contributed by atoms with E-state index in [9.17, 15) is 4.79 Å². The van der Waals surface area contributed by atoms with Crippen LogP contribution in [-0.2, 0) is 0 Å². The van der Waals surface area contributed by atoms with Gasteiger partial charge >= 0.3 is 6.03 Å². The van der Waals surface area contributed by atoms with Crippen molar-refractivity contribution in [3.8, 4) is 0 Å². The van der Waals surface area contributed by atoms with E-state index >= 15 is 0 Å². The quantitative estimate of drug-likeness (QED) is 0.901. The lowest BCUT2D eigenvalue weighted by molar-refractivity contribution is 0.252. The summed E-state index contributed by atoms with van der Waals surface area (Å²) in [5, 5.41) is 6.48. The van der Waals surface area contributed by atoms with Gasteiger partial charge in [-0.25, -0.2) is 4.79 Å². The molecule has 1 unspecified atom stereocenters. The Kier molecular flexibility index (Phi) is 4.02. The lowest BCUT2D eigenvalue weighted by atomic mass is 9.88. The number of benzene rings is 1. The standard InChI is InChI=1S/C16H23N3OS/c1-16(2)9-13(10-21-11-16)18-12-4-3-5-14(8-12)19-7-6-17-15(19)20/h3-5,8,13,18H,6-7,9-11H2,1-2H3,(H,17,20). The first kappa shape index (κ1) is 14.6. The summed E-state index contributed by atoms with van der Waals surface area (Å²) in [5.74, 6) is 2.39. The van der Waals surface area contributed by atoms with E-state index in [2.05, 4.69) is 36.6 Å². The number of rotatable bonds is 3. The molecule has 0 saturated carbocycles. The zero-order chi connectivity index (χ0) is 14.9. The number of amides is 2. The summed E-state index contributed by atoms with van der Waals surface area (Å²) in [6, 6.07) is 8.68. The van der Waals surface area contributed by atoms with Gasteiger partial charge in [0.1, 0.15) is 0 Å². The minimum Gasteiger partial charge on any atom is -0.381 e. The molecule has 0 spiro atoms. The van der Waals surface area contributed by atoms with Crippen molar-refractivity contribution in [2.45, 2.75) is 26.3 Å². The second-order valence-electron chi connectivity index (χ2n) is 6.66. The SMILES string of the molecule is CC1(C)CSCC(Nc2cccc(N3CCNC3=O)c2)C1. The Morgan fingerprint density at radius 3 is 3.00 bits per heavy atom. The summed E-state index contributed by atoms with van der Waals surface area (Å²) in [4.78, 5) is 13.5. The first-order valence-electron chi connectivity index (χ1n) is 7.53. The third-order valence-corrected chi connectivity index (χ3v) is 5.62. The van der Waals surface area contributed by atoms with Gasteiger partial charge in [0.2, 0.25) is 0 Å². The average Bonchev–Trinajstić information content (AvgIpc) is 2.84. The molecule has 2 amide bonds. The van der Waals surface area contributed by atoms with Crippen LogP contribution in [0.2, 0.25) is 0 Å². The second kappa shape index (κ2) is 5.79. The van der Waals surface area contributed by atoms with Crippen LogP contribution in [0, 0.1) is 5.41 Å². The molecule has 2 saturated heterocycles. The van der Waals surface area contributed by atoms with Gasteiger partial charge < -0.3 is 10.6 Å². The maximum Gasteiger partial charge on any atom is 0.321 e. The van der Waals surface area contributed by atoms with Crippen molar-refractivity contribution in [2.24, 2.45) is 5.41 Å². The number of carbonyl (C=O) groups is 1. The highest BCUT2D eigenvalue weighted by Gasteiger charge is 2.28. The number of nitrogens with one attached hydrogen (secondary N) is 2. The highest BCUT2D eigenvalue weighted by Crippen LogP contribution is 2.35. The van der Waals surface area contributed by atoms with E-state index in [1.807, 2.05) is 23.9 Å². The molecule has 3 rings (SSSR count). The topological polar surface area (TPSA) is 44.4 Å². The Bertz CT molecular complexity index is 532. The third kappa shape index (κ3) is 3.46. The number of carbonyl (C=O) groups excluding carboxylic acids is 1. The largest absolute Gasteiger partial charge is 0.381 e. The normalized spacial score (nSPS) is 24.8. The highest BCUT2D eigenvalue weighted by atomic mass is 32.2. The molecule has 0 aliphatic carbocycles. The maximum absolute atomic E-state index is 11.8. The van der Waals surface area contributed by atoms with Crippen LogP contribution in [0.4, 0.5) is 16.2 Å². The number of urea groups is 1. The lowest BCUT2D eigenvalue weighted by Crippen LogP contribution is -2.35. The van der Waals surface area contributed by atoms with Crippen molar-refractivity contribution in [1.82, 2.24) is 5.32 Å². The molecule has 114 valence electrons. The molecule has 4 nitrogen and oxygen atoms in total. The third-order valence-electron chi connectivity index (χ3n) is 4.00. The van der Waals surface area contributed by atoms with Crippen LogP contribution in [-0.4, -0.2) is 36.7 Å². The Hall–Kier alpha value is -1.36. The molecular weight excluding hydrogens is 282 g/mol. The van der Waals surface area contributed by atoms with Gasteiger partial charge in [-0.05, 0) is 35.8 Å². The van der Waals surface area contributed by atoms with Gasteiger partial charge in [0.25, 0.3) is 0 Å². The lowest BCUT2D eigenvalue weighted by Gasteiger charge is -2.35. The van der Waals surface area contributed by atoms with Crippen LogP contribution in [0.3, 0.4) is 0 Å². The van der Waals surface area contributed by atoms with Crippen molar-refractivity contribution in [3.63, 3.8) is 0 Å². The van der Waals surface area contributed by atoms with E-state index in [0.29, 0.717) is 11.5 Å². The zero-order valence-electron chi connectivity index (χ0n) is 12.7. The summed E-state index contributed by atoms with van der Waals surface area (Å²) in [6.45, 7) is 6.14. The summed E-state index contributed by atoms with van der Waals surface area (Å²) in [5.41, 5.74) is 2.47. The Balaban J connectivity index is 1.70. The fourth-order valence-electron chi connectivity index (χ4n) is 3.07. The predicted octanol–water partition coefficient (Wildman–Crippen LogP) is 3.16. The minimum absolute atomic E-state index is 0.00139. The van der Waals surface area contributed by atoms with E-state index in [4.69, 9.17) is 0 Å². The molecule has 2 fully saturated rings. The van der Waals surface area contributed by atoms with E-state index in [1.54, 1.807) is 4.90 Å². The smallest absolute Gasteiger partial charge is 0.321 e. The molecule has 5 heteroatoms. The molecular formula is C16H23N3OS. The molecule has 0 aromatic heterocycles. The van der Waals surface area contributed by atoms with Crippen LogP contribution in [0.15, 0.2) is 24.3 Å². The summed E-state index contributed by atoms with van der Waals surface area (Å²) < 4.78 is 0. The summed E-state index contributed by atoms with van der Waals surface area (Å²) >= 11 is 2.02. The first-order chi connectivity index (χ1) is 10.0. The number of hydrogen-bond acceptors (Lipinski definition) is 3. The zero-order valence-corrected chi connectivity index (χ0v) is 13.5. The van der Waals surface area contributed by atoms with Crippen molar-refractivity contribution in [2.75, 3.05) is 34.8 Å². The molecule has 1 aromatic rings. The van der Waals surface area contributed by atoms with Gasteiger partial charge in [0, 0.05) is 36.3 Å².